The highest BCUT2D eigenvalue weighted by atomic mass is 32.2. The first-order chi connectivity index (χ1) is 16.5. The van der Waals surface area contributed by atoms with Crippen LogP contribution < -0.4 is 15.8 Å². The standard InChI is InChI=1S/C22H27FN6O4S2/c1-3-13-29(34(30,31)4-2)15-16-5-7-17(8-6-16)26-21-20(23)14-25-22(28-21)27-18-9-11-19(12-10-18)35(24,32)33/h5-12,14H,3-4,13,15H2,1-2H3,(H2,24,32,33)(H2,25,26,27,28). The van der Waals surface area contributed by atoms with E-state index >= 15 is 0 Å². The smallest absolute Gasteiger partial charge is 0.238 e. The second kappa shape index (κ2) is 11.1. The molecule has 3 rings (SSSR count). The molecule has 4 N–H and O–H groups in total. The van der Waals surface area contributed by atoms with Gasteiger partial charge in [0, 0.05) is 24.5 Å². The molecular formula is C22H27FN6O4S2. The minimum Gasteiger partial charge on any atom is -0.338 e. The van der Waals surface area contributed by atoms with Gasteiger partial charge in [-0.3, -0.25) is 0 Å². The number of halogens is 1. The van der Waals surface area contributed by atoms with Crippen molar-refractivity contribution in [2.45, 2.75) is 31.7 Å². The number of nitrogens with two attached hydrogens (primary N) is 1. The molecule has 0 saturated heterocycles. The van der Waals surface area contributed by atoms with Gasteiger partial charge in [-0.05, 0) is 55.3 Å². The van der Waals surface area contributed by atoms with Crippen molar-refractivity contribution >= 4 is 43.2 Å². The van der Waals surface area contributed by atoms with E-state index in [2.05, 4.69) is 20.6 Å². The number of nitrogens with zero attached hydrogens (tertiary/aromatic N) is 3. The number of hydrogen-bond acceptors (Lipinski definition) is 8. The lowest BCUT2D eigenvalue weighted by Gasteiger charge is -2.21. The van der Waals surface area contributed by atoms with Crippen molar-refractivity contribution < 1.29 is 21.2 Å². The van der Waals surface area contributed by atoms with E-state index in [4.69, 9.17) is 5.14 Å². The number of aromatic nitrogens is 2. The lowest BCUT2D eigenvalue weighted by atomic mass is 10.2. The van der Waals surface area contributed by atoms with Crippen LogP contribution in [0.2, 0.25) is 0 Å². The molecule has 35 heavy (non-hydrogen) atoms. The normalized spacial score (nSPS) is 12.0. The number of sulfonamides is 2. The van der Waals surface area contributed by atoms with E-state index in [0.717, 1.165) is 11.8 Å². The van der Waals surface area contributed by atoms with Crippen LogP contribution in [0.5, 0.6) is 0 Å². The van der Waals surface area contributed by atoms with Gasteiger partial charge in [0.15, 0.2) is 11.6 Å². The van der Waals surface area contributed by atoms with Crippen LogP contribution in [-0.2, 0) is 26.6 Å². The number of primary sulfonamides is 1. The van der Waals surface area contributed by atoms with Gasteiger partial charge in [-0.25, -0.2) is 31.3 Å². The molecular weight excluding hydrogens is 495 g/mol. The molecule has 3 aromatic rings. The number of anilines is 4. The highest BCUT2D eigenvalue weighted by molar-refractivity contribution is 7.89. The van der Waals surface area contributed by atoms with Gasteiger partial charge in [0.25, 0.3) is 0 Å². The van der Waals surface area contributed by atoms with Crippen LogP contribution in [0, 0.1) is 5.82 Å². The lowest BCUT2D eigenvalue weighted by Crippen LogP contribution is -2.32. The Bertz CT molecular complexity index is 1370. The quantitative estimate of drug-likeness (QED) is 0.347. The zero-order valence-corrected chi connectivity index (χ0v) is 20.9. The summed E-state index contributed by atoms with van der Waals surface area (Å²) in [5.74, 6) is -0.620. The van der Waals surface area contributed by atoms with Crippen LogP contribution in [0.1, 0.15) is 25.8 Å². The van der Waals surface area contributed by atoms with Gasteiger partial charge in [-0.2, -0.15) is 9.29 Å². The molecule has 0 atom stereocenters. The molecule has 0 unspecified atom stereocenters. The van der Waals surface area contributed by atoms with E-state index in [1.54, 1.807) is 31.2 Å². The van der Waals surface area contributed by atoms with Crippen LogP contribution in [0.4, 0.5) is 27.5 Å². The summed E-state index contributed by atoms with van der Waals surface area (Å²) >= 11 is 0. The molecule has 1 heterocycles. The highest BCUT2D eigenvalue weighted by Gasteiger charge is 2.19. The molecule has 0 spiro atoms. The van der Waals surface area contributed by atoms with Crippen molar-refractivity contribution in [2.24, 2.45) is 5.14 Å². The van der Waals surface area contributed by atoms with E-state index in [1.165, 1.54) is 28.6 Å². The van der Waals surface area contributed by atoms with Gasteiger partial charge in [0.1, 0.15) is 0 Å². The van der Waals surface area contributed by atoms with Crippen molar-refractivity contribution in [1.29, 1.82) is 0 Å². The molecule has 1 aromatic heterocycles. The fourth-order valence-corrected chi connectivity index (χ4v) is 4.84. The van der Waals surface area contributed by atoms with Crippen molar-refractivity contribution in [1.82, 2.24) is 14.3 Å². The average Bonchev–Trinajstić information content (AvgIpc) is 2.82. The summed E-state index contributed by atoms with van der Waals surface area (Å²) in [7, 11) is -7.13. The van der Waals surface area contributed by atoms with Crippen molar-refractivity contribution in [3.05, 3.63) is 66.1 Å². The van der Waals surface area contributed by atoms with Crippen molar-refractivity contribution in [3.63, 3.8) is 0 Å². The molecule has 0 radical (unpaired) electrons. The Labute approximate surface area is 204 Å². The van der Waals surface area contributed by atoms with Gasteiger partial charge in [0.05, 0.1) is 16.8 Å². The first kappa shape index (κ1) is 26.5. The second-order valence-corrected chi connectivity index (χ2v) is 11.5. The number of benzene rings is 2. The third-order valence-corrected chi connectivity index (χ3v) is 7.75. The Morgan fingerprint density at radius 2 is 1.54 bits per heavy atom. The van der Waals surface area contributed by atoms with Crippen LogP contribution >= 0.6 is 0 Å². The minimum absolute atomic E-state index is 0.0340. The molecule has 0 aliphatic carbocycles. The molecule has 10 nitrogen and oxygen atoms in total. The summed E-state index contributed by atoms with van der Waals surface area (Å²) in [6, 6.07) is 12.6. The van der Waals surface area contributed by atoms with Crippen LogP contribution in [0.15, 0.2) is 59.6 Å². The van der Waals surface area contributed by atoms with Gasteiger partial charge < -0.3 is 10.6 Å². The summed E-state index contributed by atoms with van der Waals surface area (Å²) in [5.41, 5.74) is 1.84. The third-order valence-electron chi connectivity index (χ3n) is 4.99. The van der Waals surface area contributed by atoms with E-state index in [1.807, 2.05) is 6.92 Å². The summed E-state index contributed by atoms with van der Waals surface area (Å²) in [6.07, 6.45) is 1.71. The minimum atomic E-state index is -3.81. The number of rotatable bonds is 11. The van der Waals surface area contributed by atoms with Gasteiger partial charge >= 0.3 is 0 Å². The van der Waals surface area contributed by atoms with E-state index in [0.29, 0.717) is 24.3 Å². The molecule has 13 heteroatoms. The van der Waals surface area contributed by atoms with Crippen LogP contribution in [0.25, 0.3) is 0 Å². The van der Waals surface area contributed by atoms with E-state index in [9.17, 15) is 21.2 Å². The Morgan fingerprint density at radius 1 is 0.943 bits per heavy atom. The number of nitrogens with one attached hydrogen (secondary N) is 2. The second-order valence-electron chi connectivity index (χ2n) is 7.64. The molecule has 0 bridgehead atoms. The molecule has 0 amide bonds. The lowest BCUT2D eigenvalue weighted by molar-refractivity contribution is 0.406. The van der Waals surface area contributed by atoms with Gasteiger partial charge in [-0.1, -0.05) is 19.1 Å². The van der Waals surface area contributed by atoms with E-state index < -0.39 is 25.9 Å². The zero-order chi connectivity index (χ0) is 25.6. The van der Waals surface area contributed by atoms with Crippen molar-refractivity contribution in [3.8, 4) is 0 Å². The maximum absolute atomic E-state index is 14.3. The molecule has 0 fully saturated rings. The molecule has 188 valence electrons. The Hall–Kier alpha value is -3.13. The Morgan fingerprint density at radius 3 is 2.11 bits per heavy atom. The van der Waals surface area contributed by atoms with E-state index in [-0.39, 0.29) is 29.0 Å². The number of hydrogen-bond donors (Lipinski definition) is 3. The summed E-state index contributed by atoms with van der Waals surface area (Å²) in [5, 5.41) is 10.8. The van der Waals surface area contributed by atoms with Crippen LogP contribution in [-0.4, -0.2) is 43.4 Å². The monoisotopic (exact) mass is 522 g/mol. The first-order valence-electron chi connectivity index (χ1n) is 10.8. The largest absolute Gasteiger partial charge is 0.338 e. The topological polar surface area (TPSA) is 147 Å². The maximum atomic E-state index is 14.3. The molecule has 2 aromatic carbocycles. The predicted molar refractivity (Wildman–Crippen MR) is 133 cm³/mol. The molecule has 0 aliphatic heterocycles. The molecule has 0 saturated carbocycles. The Kier molecular flexibility index (Phi) is 8.38. The van der Waals surface area contributed by atoms with Gasteiger partial charge in [0.2, 0.25) is 26.0 Å². The van der Waals surface area contributed by atoms with Gasteiger partial charge in [-0.15, -0.1) is 0 Å². The van der Waals surface area contributed by atoms with Crippen LogP contribution in [0.3, 0.4) is 0 Å². The average molecular weight is 523 g/mol. The summed E-state index contributed by atoms with van der Waals surface area (Å²) < 4.78 is 63.1. The summed E-state index contributed by atoms with van der Waals surface area (Å²) in [6.45, 7) is 4.22. The third kappa shape index (κ3) is 7.18. The predicted octanol–water partition coefficient (Wildman–Crippen LogP) is 3.31. The van der Waals surface area contributed by atoms with Crippen molar-refractivity contribution in [2.75, 3.05) is 22.9 Å². The highest BCUT2D eigenvalue weighted by Crippen LogP contribution is 2.22. The maximum Gasteiger partial charge on any atom is 0.238 e. The fourth-order valence-electron chi connectivity index (χ4n) is 3.15. The SMILES string of the molecule is CCCN(Cc1ccc(Nc2nc(Nc3ccc(S(N)(=O)=O)cc3)ncc2F)cc1)S(=O)(=O)CC. The first-order valence-corrected chi connectivity index (χ1v) is 13.9. The summed E-state index contributed by atoms with van der Waals surface area (Å²) in [4.78, 5) is 7.99. The zero-order valence-electron chi connectivity index (χ0n) is 19.3. The fraction of sp³-hybridized carbons (Fsp3) is 0.273. The Balaban J connectivity index is 1.72. The molecule has 0 aliphatic rings.